The predicted octanol–water partition coefficient (Wildman–Crippen LogP) is -0.103. The number of nitrogens with zero attached hydrogens (tertiary/aromatic N) is 1. The smallest absolute Gasteiger partial charge is 0.336 e. The molecule has 1 fully saturated rings. The van der Waals surface area contributed by atoms with Gasteiger partial charge in [0, 0.05) is 26.7 Å². The average Bonchev–Trinajstić information content (AvgIpc) is 2.27. The zero-order valence-corrected chi connectivity index (χ0v) is 9.40. The second-order valence-electron chi connectivity index (χ2n) is 3.39. The fourth-order valence-electron chi connectivity index (χ4n) is 1.50. The third-order valence-corrected chi connectivity index (χ3v) is 2.36. The molecule has 0 spiro atoms. The molecule has 1 heterocycles. The first-order chi connectivity index (χ1) is 7.27. The minimum Gasteiger partial charge on any atom is -0.464 e. The largest absolute Gasteiger partial charge is 0.464 e. The first-order valence-corrected chi connectivity index (χ1v) is 5.27. The molecule has 5 heteroatoms. The van der Waals surface area contributed by atoms with Crippen LogP contribution in [0.2, 0.25) is 0 Å². The van der Waals surface area contributed by atoms with Gasteiger partial charge in [-0.3, -0.25) is 4.90 Å². The van der Waals surface area contributed by atoms with E-state index in [9.17, 15) is 4.79 Å². The monoisotopic (exact) mass is 217 g/mol. The number of hydrogen-bond donors (Lipinski definition) is 0. The van der Waals surface area contributed by atoms with Gasteiger partial charge in [0.1, 0.15) is 0 Å². The summed E-state index contributed by atoms with van der Waals surface area (Å²) in [6.07, 6.45) is -0.483. The van der Waals surface area contributed by atoms with E-state index in [1.165, 1.54) is 7.11 Å². The summed E-state index contributed by atoms with van der Waals surface area (Å²) >= 11 is 0. The molecule has 0 saturated carbocycles. The maximum atomic E-state index is 11.4. The van der Waals surface area contributed by atoms with Gasteiger partial charge in [0.15, 0.2) is 6.10 Å². The molecule has 1 rings (SSSR count). The summed E-state index contributed by atoms with van der Waals surface area (Å²) in [6.45, 7) is 5.90. The van der Waals surface area contributed by atoms with Crippen LogP contribution in [-0.2, 0) is 19.0 Å². The van der Waals surface area contributed by atoms with E-state index >= 15 is 0 Å². The van der Waals surface area contributed by atoms with E-state index in [1.807, 2.05) is 0 Å². The Bertz CT molecular complexity index is 192. The van der Waals surface area contributed by atoms with Crippen LogP contribution in [0.4, 0.5) is 0 Å². The van der Waals surface area contributed by atoms with Crippen LogP contribution in [0.15, 0.2) is 0 Å². The fourth-order valence-corrected chi connectivity index (χ4v) is 1.50. The molecule has 5 nitrogen and oxygen atoms in total. The normalized spacial score (nSPS) is 19.9. The van der Waals surface area contributed by atoms with Crippen LogP contribution < -0.4 is 0 Å². The third kappa shape index (κ3) is 4.15. The second-order valence-corrected chi connectivity index (χ2v) is 3.39. The number of carbonyl (C=O) groups excluding carboxylic acids is 1. The lowest BCUT2D eigenvalue weighted by atomic mass is 10.3. The second kappa shape index (κ2) is 6.76. The van der Waals surface area contributed by atoms with Gasteiger partial charge >= 0.3 is 5.97 Å². The Balaban J connectivity index is 2.34. The molecular weight excluding hydrogens is 198 g/mol. The molecule has 0 aliphatic carbocycles. The maximum absolute atomic E-state index is 11.4. The number of rotatable bonds is 5. The van der Waals surface area contributed by atoms with Crippen molar-refractivity contribution in [1.82, 2.24) is 4.90 Å². The van der Waals surface area contributed by atoms with Gasteiger partial charge in [-0.05, 0) is 6.92 Å². The summed E-state index contributed by atoms with van der Waals surface area (Å²) in [5.41, 5.74) is 0. The van der Waals surface area contributed by atoms with E-state index in [-0.39, 0.29) is 5.97 Å². The molecule has 15 heavy (non-hydrogen) atoms. The van der Waals surface area contributed by atoms with Gasteiger partial charge in [-0.2, -0.15) is 0 Å². The molecule has 1 saturated heterocycles. The summed E-state index contributed by atoms with van der Waals surface area (Å²) in [4.78, 5) is 13.6. The van der Waals surface area contributed by atoms with E-state index in [0.717, 1.165) is 26.3 Å². The van der Waals surface area contributed by atoms with E-state index in [4.69, 9.17) is 14.2 Å². The SMILES string of the molecule is CCOC(=O)C(CN1CCOCC1)OC. The number of carbonyl (C=O) groups is 1. The first-order valence-electron chi connectivity index (χ1n) is 5.27. The number of methoxy groups -OCH3 is 1. The van der Waals surface area contributed by atoms with Gasteiger partial charge < -0.3 is 14.2 Å². The van der Waals surface area contributed by atoms with Crippen molar-refractivity contribution in [2.45, 2.75) is 13.0 Å². The summed E-state index contributed by atoms with van der Waals surface area (Å²) < 4.78 is 15.2. The number of esters is 1. The molecule has 0 aromatic rings. The van der Waals surface area contributed by atoms with Crippen molar-refractivity contribution in [1.29, 1.82) is 0 Å². The lowest BCUT2D eigenvalue weighted by Crippen LogP contribution is -2.44. The zero-order chi connectivity index (χ0) is 11.1. The molecule has 1 aliphatic rings. The Morgan fingerprint density at radius 2 is 2.13 bits per heavy atom. The van der Waals surface area contributed by atoms with Crippen LogP contribution in [-0.4, -0.2) is 63.5 Å². The molecule has 88 valence electrons. The molecule has 0 radical (unpaired) electrons. The van der Waals surface area contributed by atoms with Crippen molar-refractivity contribution in [3.05, 3.63) is 0 Å². The van der Waals surface area contributed by atoms with Gasteiger partial charge in [0.25, 0.3) is 0 Å². The van der Waals surface area contributed by atoms with E-state index in [0.29, 0.717) is 13.2 Å². The molecule has 0 N–H and O–H groups in total. The van der Waals surface area contributed by atoms with Gasteiger partial charge in [-0.25, -0.2) is 4.79 Å². The van der Waals surface area contributed by atoms with Crippen molar-refractivity contribution in [3.63, 3.8) is 0 Å². The van der Waals surface area contributed by atoms with Gasteiger partial charge in [0.2, 0.25) is 0 Å². The van der Waals surface area contributed by atoms with Gasteiger partial charge in [-0.1, -0.05) is 0 Å². The van der Waals surface area contributed by atoms with E-state index in [2.05, 4.69) is 4.90 Å². The minimum absolute atomic E-state index is 0.286. The van der Waals surface area contributed by atoms with Crippen molar-refractivity contribution in [2.24, 2.45) is 0 Å². The molecule has 0 aromatic carbocycles. The van der Waals surface area contributed by atoms with E-state index < -0.39 is 6.10 Å². The summed E-state index contributed by atoms with van der Waals surface area (Å²) in [5.74, 6) is -0.286. The Morgan fingerprint density at radius 1 is 1.47 bits per heavy atom. The summed E-state index contributed by atoms with van der Waals surface area (Å²) in [7, 11) is 1.53. The Labute approximate surface area is 90.3 Å². The highest BCUT2D eigenvalue weighted by Crippen LogP contribution is 2.02. The van der Waals surface area contributed by atoms with E-state index in [1.54, 1.807) is 6.92 Å². The van der Waals surface area contributed by atoms with Crippen LogP contribution in [0, 0.1) is 0 Å². The quantitative estimate of drug-likeness (QED) is 0.602. The van der Waals surface area contributed by atoms with Crippen molar-refractivity contribution in [2.75, 3.05) is 46.6 Å². The van der Waals surface area contributed by atoms with Crippen LogP contribution in [0.25, 0.3) is 0 Å². The molecule has 1 aliphatic heterocycles. The number of morpholine rings is 1. The standard InChI is InChI=1S/C10H19NO4/c1-3-15-10(12)9(13-2)8-11-4-6-14-7-5-11/h9H,3-8H2,1-2H3. The molecule has 0 aromatic heterocycles. The minimum atomic E-state index is -0.483. The third-order valence-electron chi connectivity index (χ3n) is 2.36. The highest BCUT2D eigenvalue weighted by Gasteiger charge is 2.23. The molecule has 1 atom stereocenters. The van der Waals surface area contributed by atoms with Crippen LogP contribution in [0.3, 0.4) is 0 Å². The summed E-state index contributed by atoms with van der Waals surface area (Å²) in [6, 6.07) is 0. The molecule has 0 bridgehead atoms. The van der Waals surface area contributed by atoms with Crippen molar-refractivity contribution >= 4 is 5.97 Å². The van der Waals surface area contributed by atoms with Crippen LogP contribution >= 0.6 is 0 Å². The Morgan fingerprint density at radius 3 is 2.67 bits per heavy atom. The van der Waals surface area contributed by atoms with Gasteiger partial charge in [-0.15, -0.1) is 0 Å². The average molecular weight is 217 g/mol. The highest BCUT2D eigenvalue weighted by molar-refractivity contribution is 5.74. The van der Waals surface area contributed by atoms with Crippen molar-refractivity contribution < 1.29 is 19.0 Å². The Hall–Kier alpha value is -0.650. The fraction of sp³-hybridized carbons (Fsp3) is 0.900. The van der Waals surface area contributed by atoms with Crippen LogP contribution in [0.5, 0.6) is 0 Å². The van der Waals surface area contributed by atoms with Crippen LogP contribution in [0.1, 0.15) is 6.92 Å². The number of ether oxygens (including phenoxy) is 3. The maximum Gasteiger partial charge on any atom is 0.336 e. The summed E-state index contributed by atoms with van der Waals surface area (Å²) in [5, 5.41) is 0. The molecular formula is C10H19NO4. The Kier molecular flexibility index (Phi) is 5.60. The lowest BCUT2D eigenvalue weighted by Gasteiger charge is -2.28. The molecule has 0 amide bonds. The highest BCUT2D eigenvalue weighted by atomic mass is 16.6. The van der Waals surface area contributed by atoms with Crippen molar-refractivity contribution in [3.8, 4) is 0 Å². The zero-order valence-electron chi connectivity index (χ0n) is 9.40. The number of hydrogen-bond acceptors (Lipinski definition) is 5. The molecule has 1 unspecified atom stereocenters. The first kappa shape index (κ1) is 12.4. The predicted molar refractivity (Wildman–Crippen MR) is 54.7 cm³/mol. The van der Waals surface area contributed by atoms with Gasteiger partial charge in [0.05, 0.1) is 19.8 Å². The topological polar surface area (TPSA) is 48.0 Å². The lowest BCUT2D eigenvalue weighted by molar-refractivity contribution is -0.156.